The van der Waals surface area contributed by atoms with E-state index in [-0.39, 0.29) is 6.04 Å². The summed E-state index contributed by atoms with van der Waals surface area (Å²) in [6, 6.07) is 6.17. The normalized spacial score (nSPS) is 15.9. The van der Waals surface area contributed by atoms with Gasteiger partial charge in [-0.1, -0.05) is 13.0 Å². The van der Waals surface area contributed by atoms with Crippen LogP contribution < -0.4 is 20.5 Å². The molecule has 0 radical (unpaired) electrons. The monoisotopic (exact) mass is 222 g/mol. The van der Waals surface area contributed by atoms with E-state index in [1.807, 2.05) is 18.2 Å². The molecule has 0 saturated heterocycles. The third-order valence-electron chi connectivity index (χ3n) is 2.65. The summed E-state index contributed by atoms with van der Waals surface area (Å²) in [6.07, 6.45) is 0. The van der Waals surface area contributed by atoms with Crippen LogP contribution >= 0.6 is 0 Å². The number of nitrogens with two attached hydrogens (primary N) is 1. The molecule has 1 aromatic rings. The van der Waals surface area contributed by atoms with Gasteiger partial charge in [0.15, 0.2) is 11.5 Å². The minimum absolute atomic E-state index is 0.181. The fraction of sp³-hybridized carbons (Fsp3) is 0.500. The first-order valence-electron chi connectivity index (χ1n) is 5.68. The molecule has 4 nitrogen and oxygen atoms in total. The van der Waals surface area contributed by atoms with Crippen molar-refractivity contribution in [2.75, 3.05) is 26.3 Å². The second kappa shape index (κ2) is 5.18. The van der Waals surface area contributed by atoms with Crippen LogP contribution in [0.3, 0.4) is 0 Å². The summed E-state index contributed by atoms with van der Waals surface area (Å²) < 4.78 is 11.0. The summed E-state index contributed by atoms with van der Waals surface area (Å²) in [7, 11) is 0. The lowest BCUT2D eigenvalue weighted by Crippen LogP contribution is -2.28. The van der Waals surface area contributed by atoms with Gasteiger partial charge >= 0.3 is 0 Å². The van der Waals surface area contributed by atoms with Crippen molar-refractivity contribution >= 4 is 0 Å². The molecule has 0 fully saturated rings. The second-order valence-corrected chi connectivity index (χ2v) is 3.75. The zero-order valence-electron chi connectivity index (χ0n) is 9.53. The van der Waals surface area contributed by atoms with Gasteiger partial charge in [-0.25, -0.2) is 0 Å². The van der Waals surface area contributed by atoms with E-state index in [0.717, 1.165) is 23.6 Å². The standard InChI is InChI=1S/C12H18N2O2/c1-2-14-10(8-13)9-3-4-11-12(7-9)16-6-5-15-11/h3-4,7,10,14H,2,5-6,8,13H2,1H3. The van der Waals surface area contributed by atoms with E-state index in [1.165, 1.54) is 0 Å². The van der Waals surface area contributed by atoms with Crippen molar-refractivity contribution in [3.63, 3.8) is 0 Å². The van der Waals surface area contributed by atoms with Crippen molar-refractivity contribution in [2.24, 2.45) is 5.73 Å². The largest absolute Gasteiger partial charge is 0.486 e. The fourth-order valence-electron chi connectivity index (χ4n) is 1.86. The van der Waals surface area contributed by atoms with Crippen LogP contribution in [0.25, 0.3) is 0 Å². The van der Waals surface area contributed by atoms with Gasteiger partial charge in [-0.15, -0.1) is 0 Å². The number of nitrogens with one attached hydrogen (secondary N) is 1. The Morgan fingerprint density at radius 2 is 2.06 bits per heavy atom. The van der Waals surface area contributed by atoms with Crippen LogP contribution in [-0.4, -0.2) is 26.3 Å². The zero-order valence-corrected chi connectivity index (χ0v) is 9.53. The van der Waals surface area contributed by atoms with Crippen molar-refractivity contribution in [1.82, 2.24) is 5.32 Å². The Bertz CT molecular complexity index is 355. The van der Waals surface area contributed by atoms with Gasteiger partial charge in [-0.05, 0) is 24.2 Å². The van der Waals surface area contributed by atoms with Crippen LogP contribution in [-0.2, 0) is 0 Å². The summed E-state index contributed by atoms with van der Waals surface area (Å²) in [6.45, 7) is 4.79. The van der Waals surface area contributed by atoms with E-state index in [4.69, 9.17) is 15.2 Å². The highest BCUT2D eigenvalue weighted by Crippen LogP contribution is 2.32. The highest BCUT2D eigenvalue weighted by Gasteiger charge is 2.15. The average molecular weight is 222 g/mol. The molecule has 1 unspecified atom stereocenters. The van der Waals surface area contributed by atoms with Gasteiger partial charge < -0.3 is 20.5 Å². The number of hydrogen-bond donors (Lipinski definition) is 2. The van der Waals surface area contributed by atoms with Gasteiger partial charge in [0.1, 0.15) is 13.2 Å². The van der Waals surface area contributed by atoms with Gasteiger partial charge in [0, 0.05) is 12.6 Å². The molecule has 0 spiro atoms. The summed E-state index contributed by atoms with van der Waals surface area (Å²) in [4.78, 5) is 0. The van der Waals surface area contributed by atoms with Crippen LogP contribution in [0.1, 0.15) is 18.5 Å². The molecule has 0 bridgehead atoms. The topological polar surface area (TPSA) is 56.5 Å². The molecule has 1 aliphatic heterocycles. The second-order valence-electron chi connectivity index (χ2n) is 3.75. The van der Waals surface area contributed by atoms with Crippen molar-refractivity contribution in [2.45, 2.75) is 13.0 Å². The molecular formula is C12H18N2O2. The van der Waals surface area contributed by atoms with Crippen molar-refractivity contribution in [3.8, 4) is 11.5 Å². The minimum Gasteiger partial charge on any atom is -0.486 e. The Balaban J connectivity index is 2.21. The summed E-state index contributed by atoms with van der Waals surface area (Å²) in [5, 5.41) is 3.33. The SMILES string of the molecule is CCNC(CN)c1ccc2c(c1)OCCO2. The Labute approximate surface area is 95.7 Å². The minimum atomic E-state index is 0.181. The van der Waals surface area contributed by atoms with Crippen LogP contribution in [0.15, 0.2) is 18.2 Å². The van der Waals surface area contributed by atoms with Crippen molar-refractivity contribution in [1.29, 1.82) is 0 Å². The summed E-state index contributed by atoms with van der Waals surface area (Å²) in [5.74, 6) is 1.64. The van der Waals surface area contributed by atoms with Gasteiger partial charge in [-0.2, -0.15) is 0 Å². The zero-order chi connectivity index (χ0) is 11.4. The molecule has 16 heavy (non-hydrogen) atoms. The third kappa shape index (κ3) is 2.28. The van der Waals surface area contributed by atoms with Crippen LogP contribution in [0.5, 0.6) is 11.5 Å². The number of benzene rings is 1. The summed E-state index contributed by atoms with van der Waals surface area (Å²) in [5.41, 5.74) is 6.88. The average Bonchev–Trinajstić information content (AvgIpc) is 2.35. The molecule has 1 atom stereocenters. The third-order valence-corrected chi connectivity index (χ3v) is 2.65. The predicted molar refractivity (Wildman–Crippen MR) is 62.9 cm³/mol. The lowest BCUT2D eigenvalue weighted by Gasteiger charge is -2.21. The Hall–Kier alpha value is -1.26. The maximum atomic E-state index is 5.73. The van der Waals surface area contributed by atoms with Gasteiger partial charge in [0.2, 0.25) is 0 Å². The van der Waals surface area contributed by atoms with E-state index in [2.05, 4.69) is 12.2 Å². The Morgan fingerprint density at radius 3 is 2.75 bits per heavy atom. The van der Waals surface area contributed by atoms with Crippen LogP contribution in [0.4, 0.5) is 0 Å². The number of ether oxygens (including phenoxy) is 2. The fourth-order valence-corrected chi connectivity index (χ4v) is 1.86. The highest BCUT2D eigenvalue weighted by molar-refractivity contribution is 5.44. The predicted octanol–water partition coefficient (Wildman–Crippen LogP) is 1.07. The van der Waals surface area contributed by atoms with E-state index >= 15 is 0 Å². The molecule has 0 aliphatic carbocycles. The molecule has 0 saturated carbocycles. The van der Waals surface area contributed by atoms with Crippen LogP contribution in [0.2, 0.25) is 0 Å². The molecule has 3 N–H and O–H groups in total. The lowest BCUT2D eigenvalue weighted by molar-refractivity contribution is 0.171. The molecule has 4 heteroatoms. The summed E-state index contributed by atoms with van der Waals surface area (Å²) >= 11 is 0. The van der Waals surface area contributed by atoms with Gasteiger partial charge in [0.05, 0.1) is 0 Å². The van der Waals surface area contributed by atoms with Gasteiger partial charge in [0.25, 0.3) is 0 Å². The van der Waals surface area contributed by atoms with Crippen molar-refractivity contribution in [3.05, 3.63) is 23.8 Å². The molecular weight excluding hydrogens is 204 g/mol. The molecule has 0 aromatic heterocycles. The highest BCUT2D eigenvalue weighted by atomic mass is 16.6. The lowest BCUT2D eigenvalue weighted by atomic mass is 10.1. The quantitative estimate of drug-likeness (QED) is 0.800. The van der Waals surface area contributed by atoms with Crippen LogP contribution in [0, 0.1) is 0 Å². The number of rotatable bonds is 4. The molecule has 1 aliphatic rings. The van der Waals surface area contributed by atoms with E-state index in [9.17, 15) is 0 Å². The maximum Gasteiger partial charge on any atom is 0.161 e. The number of hydrogen-bond acceptors (Lipinski definition) is 4. The van der Waals surface area contributed by atoms with E-state index < -0.39 is 0 Å². The van der Waals surface area contributed by atoms with E-state index in [0.29, 0.717) is 19.8 Å². The van der Waals surface area contributed by atoms with Crippen molar-refractivity contribution < 1.29 is 9.47 Å². The molecule has 88 valence electrons. The van der Waals surface area contributed by atoms with E-state index in [1.54, 1.807) is 0 Å². The molecule has 1 aromatic carbocycles. The number of fused-ring (bicyclic) bond motifs is 1. The first-order chi connectivity index (χ1) is 7.85. The Morgan fingerprint density at radius 1 is 1.31 bits per heavy atom. The molecule has 1 heterocycles. The maximum absolute atomic E-state index is 5.73. The van der Waals surface area contributed by atoms with Gasteiger partial charge in [-0.3, -0.25) is 0 Å². The first kappa shape index (κ1) is 11.2. The number of likely N-dealkylation sites (N-methyl/N-ethyl adjacent to an activating group) is 1. The smallest absolute Gasteiger partial charge is 0.161 e. The first-order valence-corrected chi connectivity index (χ1v) is 5.68. The molecule has 2 rings (SSSR count). The Kier molecular flexibility index (Phi) is 3.64. The molecule has 0 amide bonds.